The summed E-state index contributed by atoms with van der Waals surface area (Å²) < 4.78 is 11.2. The first-order valence-corrected chi connectivity index (χ1v) is 10.2. The van der Waals surface area contributed by atoms with Gasteiger partial charge in [0.25, 0.3) is 5.91 Å². The lowest BCUT2D eigenvalue weighted by Gasteiger charge is -2.21. The molecular weight excluding hydrogens is 358 g/mol. The van der Waals surface area contributed by atoms with Gasteiger partial charge in [0.1, 0.15) is 11.7 Å². The smallest absolute Gasteiger partial charge is 0.274 e. The standard InChI is InChI=1S/C20H27N5O3/c1-14-11-22-16(12-21-14)20(26)25-9-4-7-17(25)19-23-18(24-28-19)8-10-27-13-15-5-2-3-6-15/h11-12,15,17H,2-10,13H2,1H3. The Bertz CT molecular complexity index is 785. The third-order valence-corrected chi connectivity index (χ3v) is 5.58. The zero-order valence-corrected chi connectivity index (χ0v) is 16.3. The van der Waals surface area contributed by atoms with Gasteiger partial charge in [-0.2, -0.15) is 4.98 Å². The summed E-state index contributed by atoms with van der Waals surface area (Å²) in [5.41, 5.74) is 1.13. The van der Waals surface area contributed by atoms with E-state index in [0.29, 0.717) is 42.9 Å². The Labute approximate surface area is 164 Å². The van der Waals surface area contributed by atoms with Crippen molar-refractivity contribution in [3.05, 3.63) is 35.5 Å². The summed E-state index contributed by atoms with van der Waals surface area (Å²) in [7, 11) is 0. The van der Waals surface area contributed by atoms with Gasteiger partial charge in [-0.05, 0) is 38.5 Å². The molecule has 2 aromatic rings. The maximum Gasteiger partial charge on any atom is 0.274 e. The maximum absolute atomic E-state index is 12.8. The van der Waals surface area contributed by atoms with Crippen molar-refractivity contribution in [1.29, 1.82) is 0 Å². The van der Waals surface area contributed by atoms with Crippen molar-refractivity contribution in [3.8, 4) is 0 Å². The van der Waals surface area contributed by atoms with E-state index >= 15 is 0 Å². The van der Waals surface area contributed by atoms with Crippen molar-refractivity contribution in [1.82, 2.24) is 25.0 Å². The summed E-state index contributed by atoms with van der Waals surface area (Å²) in [6.07, 6.45) is 10.7. The lowest BCUT2D eigenvalue weighted by Crippen LogP contribution is -2.31. The molecule has 1 aliphatic heterocycles. The van der Waals surface area contributed by atoms with Crippen LogP contribution in [0.1, 0.15) is 72.5 Å². The zero-order chi connectivity index (χ0) is 19.3. The molecule has 1 saturated heterocycles. The van der Waals surface area contributed by atoms with E-state index in [2.05, 4.69) is 20.1 Å². The van der Waals surface area contributed by atoms with Gasteiger partial charge in [0.2, 0.25) is 5.89 Å². The van der Waals surface area contributed by atoms with Gasteiger partial charge in [-0.25, -0.2) is 4.98 Å². The van der Waals surface area contributed by atoms with Crippen LogP contribution in [0.3, 0.4) is 0 Å². The number of likely N-dealkylation sites (tertiary alicyclic amines) is 1. The van der Waals surface area contributed by atoms with Crippen LogP contribution in [0.2, 0.25) is 0 Å². The van der Waals surface area contributed by atoms with Gasteiger partial charge in [-0.1, -0.05) is 18.0 Å². The summed E-state index contributed by atoms with van der Waals surface area (Å²) in [5, 5.41) is 4.08. The highest BCUT2D eigenvalue weighted by atomic mass is 16.5. The lowest BCUT2D eigenvalue weighted by atomic mass is 10.1. The molecule has 8 nitrogen and oxygen atoms in total. The number of ether oxygens (including phenoxy) is 1. The molecule has 0 N–H and O–H groups in total. The van der Waals surface area contributed by atoms with Gasteiger partial charge in [-0.3, -0.25) is 9.78 Å². The summed E-state index contributed by atoms with van der Waals surface area (Å²) in [5.74, 6) is 1.70. The van der Waals surface area contributed by atoms with Crippen LogP contribution in [-0.2, 0) is 11.2 Å². The Morgan fingerprint density at radius 2 is 2.07 bits per heavy atom. The molecule has 0 bridgehead atoms. The maximum atomic E-state index is 12.8. The minimum absolute atomic E-state index is 0.144. The molecule has 2 fully saturated rings. The Kier molecular flexibility index (Phi) is 5.95. The summed E-state index contributed by atoms with van der Waals surface area (Å²) in [4.78, 5) is 27.4. The number of carbonyl (C=O) groups excluding carboxylic acids is 1. The summed E-state index contributed by atoms with van der Waals surface area (Å²) in [6, 6.07) is -0.198. The van der Waals surface area contributed by atoms with Gasteiger partial charge in [0, 0.05) is 25.8 Å². The van der Waals surface area contributed by atoms with E-state index in [4.69, 9.17) is 9.26 Å². The van der Waals surface area contributed by atoms with Crippen molar-refractivity contribution >= 4 is 5.91 Å². The van der Waals surface area contributed by atoms with Crippen LogP contribution in [0.4, 0.5) is 0 Å². The van der Waals surface area contributed by atoms with Crippen molar-refractivity contribution < 1.29 is 14.1 Å². The number of hydrogen-bond donors (Lipinski definition) is 0. The number of amides is 1. The second kappa shape index (κ2) is 8.77. The lowest BCUT2D eigenvalue weighted by molar-refractivity contribution is 0.0703. The third kappa shape index (κ3) is 4.38. The minimum Gasteiger partial charge on any atom is -0.381 e. The van der Waals surface area contributed by atoms with E-state index in [9.17, 15) is 4.79 Å². The molecular formula is C20H27N5O3. The largest absolute Gasteiger partial charge is 0.381 e. The number of rotatable bonds is 7. The molecule has 1 aliphatic carbocycles. The highest BCUT2D eigenvalue weighted by molar-refractivity contribution is 5.92. The Morgan fingerprint density at radius 3 is 2.86 bits per heavy atom. The molecule has 0 radical (unpaired) electrons. The Hall–Kier alpha value is -2.35. The van der Waals surface area contributed by atoms with Crippen molar-refractivity contribution in [3.63, 3.8) is 0 Å². The van der Waals surface area contributed by atoms with Crippen LogP contribution in [0.15, 0.2) is 16.9 Å². The molecule has 2 aromatic heterocycles. The van der Waals surface area contributed by atoms with Crippen molar-refractivity contribution in [2.24, 2.45) is 5.92 Å². The fraction of sp³-hybridized carbons (Fsp3) is 0.650. The molecule has 1 saturated carbocycles. The first kappa shape index (κ1) is 19.0. The van der Waals surface area contributed by atoms with Crippen LogP contribution in [0.5, 0.6) is 0 Å². The highest BCUT2D eigenvalue weighted by Gasteiger charge is 2.35. The number of hydrogen-bond acceptors (Lipinski definition) is 7. The van der Waals surface area contributed by atoms with E-state index in [0.717, 1.165) is 25.1 Å². The van der Waals surface area contributed by atoms with Crippen LogP contribution in [0.25, 0.3) is 0 Å². The van der Waals surface area contributed by atoms with Gasteiger partial charge < -0.3 is 14.2 Å². The minimum atomic E-state index is -0.198. The quantitative estimate of drug-likeness (QED) is 0.676. The van der Waals surface area contributed by atoms with Crippen molar-refractivity contribution in [2.45, 2.75) is 57.9 Å². The van der Waals surface area contributed by atoms with Crippen LogP contribution in [-0.4, -0.2) is 50.7 Å². The average Bonchev–Trinajstić information content (AvgIpc) is 3.46. The normalized spacial score (nSPS) is 20.2. The SMILES string of the molecule is Cc1cnc(C(=O)N2CCCC2c2nc(CCOCC3CCCC3)no2)cn1. The number of nitrogens with zero attached hydrogens (tertiary/aromatic N) is 5. The molecule has 0 spiro atoms. The fourth-order valence-electron chi connectivity index (χ4n) is 4.01. The summed E-state index contributed by atoms with van der Waals surface area (Å²) >= 11 is 0. The van der Waals surface area contributed by atoms with Crippen molar-refractivity contribution in [2.75, 3.05) is 19.8 Å². The van der Waals surface area contributed by atoms with Crippen LogP contribution >= 0.6 is 0 Å². The first-order valence-electron chi connectivity index (χ1n) is 10.2. The molecule has 1 atom stereocenters. The fourth-order valence-corrected chi connectivity index (χ4v) is 4.01. The van der Waals surface area contributed by atoms with Crippen LogP contribution in [0, 0.1) is 12.8 Å². The van der Waals surface area contributed by atoms with E-state index in [1.54, 1.807) is 11.1 Å². The molecule has 4 rings (SSSR count). The number of aromatic nitrogens is 4. The zero-order valence-electron chi connectivity index (χ0n) is 16.3. The molecule has 28 heavy (non-hydrogen) atoms. The molecule has 0 aromatic carbocycles. The molecule has 1 amide bonds. The Balaban J connectivity index is 1.33. The predicted octanol–water partition coefficient (Wildman–Crippen LogP) is 2.89. The van der Waals surface area contributed by atoms with Gasteiger partial charge in [0.05, 0.1) is 18.5 Å². The van der Waals surface area contributed by atoms with Gasteiger partial charge in [0.15, 0.2) is 5.82 Å². The Morgan fingerprint density at radius 1 is 1.21 bits per heavy atom. The van der Waals surface area contributed by atoms with E-state index in [-0.39, 0.29) is 11.9 Å². The van der Waals surface area contributed by atoms with E-state index in [1.165, 1.54) is 31.9 Å². The molecule has 2 aliphatic rings. The second-order valence-corrected chi connectivity index (χ2v) is 7.72. The number of aryl methyl sites for hydroxylation is 1. The molecule has 1 unspecified atom stereocenters. The van der Waals surface area contributed by atoms with E-state index < -0.39 is 0 Å². The van der Waals surface area contributed by atoms with Gasteiger partial charge in [-0.15, -0.1) is 0 Å². The third-order valence-electron chi connectivity index (χ3n) is 5.58. The van der Waals surface area contributed by atoms with E-state index in [1.807, 2.05) is 6.92 Å². The van der Waals surface area contributed by atoms with Crippen LogP contribution < -0.4 is 0 Å². The topological polar surface area (TPSA) is 94.2 Å². The molecule has 3 heterocycles. The monoisotopic (exact) mass is 385 g/mol. The average molecular weight is 385 g/mol. The molecule has 8 heteroatoms. The summed E-state index contributed by atoms with van der Waals surface area (Å²) in [6.45, 7) is 3.92. The second-order valence-electron chi connectivity index (χ2n) is 7.72. The predicted molar refractivity (Wildman–Crippen MR) is 101 cm³/mol. The van der Waals surface area contributed by atoms with Gasteiger partial charge >= 0.3 is 0 Å². The molecule has 150 valence electrons. The number of carbonyl (C=O) groups is 1. The first-order chi connectivity index (χ1) is 13.7. The highest BCUT2D eigenvalue weighted by Crippen LogP contribution is 2.32.